The summed E-state index contributed by atoms with van der Waals surface area (Å²) in [7, 11) is -0.706. The molecule has 11 atom stereocenters. The summed E-state index contributed by atoms with van der Waals surface area (Å²) in [6, 6.07) is -4.92. The van der Waals surface area contributed by atoms with Crippen molar-refractivity contribution < 1.29 is 86.7 Å². The Hall–Kier alpha value is -3.85. The SMILES string of the molecule is CN(C(=O)OC(C)(C)C)[C@@H]1[C@@H](O)[C@@H](O[C@@H]2[C@@H](O)[C@H](O[C@H]3OC(CNCCO[Si](C)(C)C(C)(C)C)=CC[C@H]3NC(=O)OC(C)(C)C)[C@@H](NC(=O)OC(C)(C)C)C[C@H]2NC(=O)C2(O)CC(CC(=O)OC(C)(C)C)C2)OC[C@]1(C)O. The molecule has 4 aliphatic rings. The average molecular weight is 1120 g/mol. The zero-order valence-electron chi connectivity index (χ0n) is 49.2. The Balaban J connectivity index is 1.75. The van der Waals surface area contributed by atoms with Gasteiger partial charge in [-0.25, -0.2) is 14.4 Å². The van der Waals surface area contributed by atoms with Gasteiger partial charge in [-0.15, -0.1) is 0 Å². The van der Waals surface area contributed by atoms with Crippen molar-refractivity contribution >= 4 is 38.5 Å². The molecule has 23 nitrogen and oxygen atoms in total. The van der Waals surface area contributed by atoms with Crippen LogP contribution in [0.4, 0.5) is 14.4 Å². The number of carbonyl (C=O) groups excluding carboxylic acids is 5. The van der Waals surface area contributed by atoms with Crippen LogP contribution in [-0.2, 0) is 51.9 Å². The van der Waals surface area contributed by atoms with Gasteiger partial charge in [-0.05, 0) is 146 Å². The van der Waals surface area contributed by atoms with Crippen LogP contribution in [0.25, 0.3) is 0 Å². The maximum absolute atomic E-state index is 14.3. The van der Waals surface area contributed by atoms with E-state index in [1.54, 1.807) is 89.2 Å². The molecule has 2 aliphatic heterocycles. The maximum Gasteiger partial charge on any atom is 0.410 e. The molecule has 2 heterocycles. The third-order valence-corrected chi connectivity index (χ3v) is 18.3. The monoisotopic (exact) mass is 1120 g/mol. The lowest BCUT2D eigenvalue weighted by Gasteiger charge is -2.51. The van der Waals surface area contributed by atoms with E-state index in [1.165, 1.54) is 14.0 Å². The van der Waals surface area contributed by atoms with Crippen LogP contribution in [-0.4, -0.2) is 192 Å². The molecule has 0 bridgehead atoms. The number of likely N-dealkylation sites (N-methyl/N-ethyl adjacent to an activating group) is 1. The first-order valence-corrected chi connectivity index (χ1v) is 29.7. The number of aliphatic hydroxyl groups is 4. The van der Waals surface area contributed by atoms with Gasteiger partial charge in [-0.3, -0.25) is 9.59 Å². The summed E-state index contributed by atoms with van der Waals surface area (Å²) in [6.07, 6.45) is -11.1. The third kappa shape index (κ3) is 19.4. The Morgan fingerprint density at radius 1 is 0.727 bits per heavy atom. The van der Waals surface area contributed by atoms with Gasteiger partial charge in [0.2, 0.25) is 6.29 Å². The zero-order chi connectivity index (χ0) is 58.7. The number of esters is 1. The highest BCUT2D eigenvalue weighted by molar-refractivity contribution is 6.74. The molecule has 3 fully saturated rings. The molecule has 0 unspecified atom stereocenters. The number of rotatable bonds is 17. The fourth-order valence-corrected chi connectivity index (χ4v) is 10.2. The summed E-state index contributed by atoms with van der Waals surface area (Å²) >= 11 is 0. The number of ether oxygens (including phenoxy) is 8. The summed E-state index contributed by atoms with van der Waals surface area (Å²) in [5.74, 6) is -1.35. The van der Waals surface area contributed by atoms with E-state index >= 15 is 0 Å². The number of hydrogen-bond donors (Lipinski definition) is 8. The topological polar surface area (TPSA) is 301 Å². The van der Waals surface area contributed by atoms with Crippen LogP contribution in [0.15, 0.2) is 11.8 Å². The van der Waals surface area contributed by atoms with E-state index in [9.17, 15) is 44.4 Å². The predicted octanol–water partition coefficient (Wildman–Crippen LogP) is 4.61. The first-order valence-electron chi connectivity index (χ1n) is 26.8. The number of aliphatic hydroxyl groups excluding tert-OH is 2. The zero-order valence-corrected chi connectivity index (χ0v) is 50.2. The van der Waals surface area contributed by atoms with Crippen molar-refractivity contribution in [1.82, 2.24) is 26.2 Å². The van der Waals surface area contributed by atoms with E-state index in [2.05, 4.69) is 55.1 Å². The molecule has 77 heavy (non-hydrogen) atoms. The molecule has 0 radical (unpaired) electrons. The van der Waals surface area contributed by atoms with Gasteiger partial charge >= 0.3 is 24.2 Å². The van der Waals surface area contributed by atoms with Crippen LogP contribution >= 0.6 is 0 Å². The van der Waals surface area contributed by atoms with Crippen molar-refractivity contribution in [2.24, 2.45) is 5.92 Å². The number of nitrogens with zero attached hydrogens (tertiary/aromatic N) is 1. The Morgan fingerprint density at radius 3 is 1.75 bits per heavy atom. The first-order chi connectivity index (χ1) is 34.9. The number of amides is 4. The Labute approximate surface area is 456 Å². The van der Waals surface area contributed by atoms with Gasteiger partial charge in [0, 0.05) is 26.6 Å². The van der Waals surface area contributed by atoms with Gasteiger partial charge in [-0.2, -0.15) is 0 Å². The molecule has 0 aromatic heterocycles. The summed E-state index contributed by atoms with van der Waals surface area (Å²) in [4.78, 5) is 68.5. The molecule has 4 amide bonds. The van der Waals surface area contributed by atoms with E-state index in [0.717, 1.165) is 4.90 Å². The number of alkyl carbamates (subject to hydrolysis) is 2. The van der Waals surface area contributed by atoms with Gasteiger partial charge in [0.15, 0.2) is 14.6 Å². The molecule has 0 spiro atoms. The van der Waals surface area contributed by atoms with Crippen LogP contribution in [0.5, 0.6) is 0 Å². The third-order valence-electron chi connectivity index (χ3n) is 13.7. The largest absolute Gasteiger partial charge is 0.466 e. The minimum absolute atomic E-state index is 0.00886. The molecular formula is C53H95N5O18Si. The van der Waals surface area contributed by atoms with Crippen molar-refractivity contribution in [3.63, 3.8) is 0 Å². The standard InChI is InChI=1S/C53H95N5O18Si/c1-47(2,3)73-35(59)24-30-26-53(67,27-30)43(62)55-33-25-34(57-45(64)75-49(7,8)9)39(36(60)38(33)72-42-37(61)40(52(16,66)29-68-42)58(17)46(65)76-50(10,11)12)71-41-32(56-44(63)74-48(4,5)6)21-20-31(70-41)28-54-22-23-69-77(18,19)51(13,14)15/h20,30,32-34,36-42,54,60-61,66-67H,21-29H2,1-19H3,(H,55,62)(H,56,63)(H,57,64)/t30?,32-,33-,34+,36-,37-,38+,39-,40-,41-,42-,52+,53?/m1/s1. The van der Waals surface area contributed by atoms with Crippen LogP contribution in [0, 0.1) is 5.92 Å². The molecule has 24 heteroatoms. The van der Waals surface area contributed by atoms with E-state index < -0.39 is 146 Å². The Bertz CT molecular complexity index is 2070. The second-order valence-electron chi connectivity index (χ2n) is 26.9. The number of nitrogens with one attached hydrogen (secondary N) is 4. The van der Waals surface area contributed by atoms with Crippen molar-refractivity contribution in [2.75, 3.05) is 33.4 Å². The van der Waals surface area contributed by atoms with E-state index in [1.807, 2.05) is 0 Å². The second kappa shape index (κ2) is 24.9. The molecule has 8 N–H and O–H groups in total. The van der Waals surface area contributed by atoms with Crippen molar-refractivity contribution in [3.8, 4) is 0 Å². The fraction of sp³-hybridized carbons (Fsp3) is 0.868. The molecule has 2 aliphatic carbocycles. The van der Waals surface area contributed by atoms with Crippen molar-refractivity contribution in [3.05, 3.63) is 11.8 Å². The molecule has 0 aromatic carbocycles. The number of hydrogen-bond acceptors (Lipinski definition) is 19. The van der Waals surface area contributed by atoms with Crippen LogP contribution in [0.3, 0.4) is 0 Å². The van der Waals surface area contributed by atoms with Crippen molar-refractivity contribution in [2.45, 2.75) is 256 Å². The molecule has 2 saturated carbocycles. The van der Waals surface area contributed by atoms with Crippen LogP contribution in [0.1, 0.15) is 143 Å². The highest BCUT2D eigenvalue weighted by Gasteiger charge is 2.57. The Kier molecular flexibility index (Phi) is 21.2. The molecular weight excluding hydrogens is 1020 g/mol. The number of carbonyl (C=O) groups is 5. The average Bonchev–Trinajstić information content (AvgIpc) is 3.21. The van der Waals surface area contributed by atoms with Gasteiger partial charge < -0.3 is 88.9 Å². The first kappa shape index (κ1) is 65.7. The van der Waals surface area contributed by atoms with Crippen molar-refractivity contribution in [1.29, 1.82) is 0 Å². The minimum atomic E-state index is -2.04. The molecule has 444 valence electrons. The minimum Gasteiger partial charge on any atom is -0.466 e. The quantitative estimate of drug-likeness (QED) is 0.0427. The normalized spacial score (nSPS) is 31.3. The summed E-state index contributed by atoms with van der Waals surface area (Å²) in [5, 5.41) is 59.8. The lowest BCUT2D eigenvalue weighted by Crippen LogP contribution is -2.71. The van der Waals surface area contributed by atoms with Crippen LogP contribution in [0.2, 0.25) is 18.1 Å². The van der Waals surface area contributed by atoms with E-state index in [4.69, 9.17) is 42.3 Å². The summed E-state index contributed by atoms with van der Waals surface area (Å²) < 4.78 is 54.2. The molecule has 1 saturated heterocycles. The van der Waals surface area contributed by atoms with E-state index in [-0.39, 0.29) is 43.7 Å². The molecule has 4 rings (SSSR count). The summed E-state index contributed by atoms with van der Waals surface area (Å²) in [6.45, 7) is 33.0. The predicted molar refractivity (Wildman–Crippen MR) is 284 cm³/mol. The lowest BCUT2D eigenvalue weighted by atomic mass is 9.68. The maximum atomic E-state index is 14.3. The fourth-order valence-electron chi connectivity index (χ4n) is 9.20. The highest BCUT2D eigenvalue weighted by Crippen LogP contribution is 2.42. The second-order valence-corrected chi connectivity index (χ2v) is 31.7. The Morgan fingerprint density at radius 2 is 1.23 bits per heavy atom. The lowest BCUT2D eigenvalue weighted by molar-refractivity contribution is -0.311. The van der Waals surface area contributed by atoms with Gasteiger partial charge in [-0.1, -0.05) is 20.8 Å². The molecule has 0 aromatic rings. The van der Waals surface area contributed by atoms with Gasteiger partial charge in [0.1, 0.15) is 63.8 Å². The van der Waals surface area contributed by atoms with Gasteiger partial charge in [0.25, 0.3) is 5.91 Å². The summed E-state index contributed by atoms with van der Waals surface area (Å²) in [5.41, 5.74) is -7.42. The van der Waals surface area contributed by atoms with Gasteiger partial charge in [0.05, 0.1) is 37.3 Å². The highest BCUT2D eigenvalue weighted by atomic mass is 28.4. The smallest absolute Gasteiger partial charge is 0.410 e. The van der Waals surface area contributed by atoms with E-state index in [0.29, 0.717) is 18.9 Å². The van der Waals surface area contributed by atoms with Crippen LogP contribution < -0.4 is 21.3 Å².